The molecule has 0 aliphatic carbocycles. The molecule has 0 spiro atoms. The molecule has 0 saturated carbocycles. The zero-order valence-corrected chi connectivity index (χ0v) is 11.1. The third kappa shape index (κ3) is 3.26. The molecule has 3 rings (SSSR count). The molecule has 7 nitrogen and oxygen atoms in total. The number of aromatic amines is 1. The van der Waals surface area contributed by atoms with Gasteiger partial charge >= 0.3 is 5.97 Å². The van der Waals surface area contributed by atoms with Gasteiger partial charge in [0.25, 0.3) is 6.47 Å². The number of nitrogens with one attached hydrogen (secondary N) is 1. The highest BCUT2D eigenvalue weighted by Gasteiger charge is 2.14. The second kappa shape index (κ2) is 6.67. The number of nitrogens with zero attached hydrogens (tertiary/aromatic N) is 1. The number of benzene rings is 1. The number of fused-ring (bicyclic) bond motifs is 1. The lowest BCUT2D eigenvalue weighted by atomic mass is 10.00. The lowest BCUT2D eigenvalue weighted by molar-refractivity contribution is -0.122. The van der Waals surface area contributed by atoms with Crippen molar-refractivity contribution in [3.8, 4) is 0 Å². The fraction of sp³-hybridized carbons (Fsp3) is 0.214. The van der Waals surface area contributed by atoms with Crippen LogP contribution in [-0.4, -0.2) is 46.1 Å². The first kappa shape index (κ1) is 14.7. The minimum atomic E-state index is -1.01. The summed E-state index contributed by atoms with van der Waals surface area (Å²) < 4.78 is 5.27. The van der Waals surface area contributed by atoms with Crippen molar-refractivity contribution < 1.29 is 24.5 Å². The lowest BCUT2D eigenvalue weighted by Gasteiger charge is -2.13. The number of hydrogen-bond donors (Lipinski definition) is 3. The highest BCUT2D eigenvalue weighted by Crippen LogP contribution is 2.25. The average molecular weight is 290 g/mol. The topological polar surface area (TPSA) is 113 Å². The molecule has 0 amide bonds. The Kier molecular flexibility index (Phi) is 4.68. The Bertz CT molecular complexity index is 690. The van der Waals surface area contributed by atoms with Crippen molar-refractivity contribution in [3.05, 3.63) is 35.5 Å². The highest BCUT2D eigenvalue weighted by atomic mass is 16.5. The Labute approximate surface area is 119 Å². The van der Waals surface area contributed by atoms with Gasteiger partial charge in [0.05, 0.1) is 18.7 Å². The van der Waals surface area contributed by atoms with Crippen LogP contribution in [0.1, 0.15) is 22.5 Å². The van der Waals surface area contributed by atoms with Crippen molar-refractivity contribution in [1.29, 1.82) is 0 Å². The maximum Gasteiger partial charge on any atom is 0.357 e. The fourth-order valence-electron chi connectivity index (χ4n) is 2.17. The average Bonchev–Trinajstić information content (AvgIpc) is 2.92. The standard InChI is InChI=1S/C13H12N2O3.CH2O2/c16-13(17)12-10-2-1-9(7-11(10)14-15-12)8-3-5-18-6-4-8;2-1-3/h1-3,7H,4-6H2,(H,14,15)(H,16,17);1H,(H,2,3). The van der Waals surface area contributed by atoms with Crippen LogP contribution in [0.15, 0.2) is 24.3 Å². The molecule has 0 atom stereocenters. The quantitative estimate of drug-likeness (QED) is 0.726. The zero-order valence-electron chi connectivity index (χ0n) is 11.1. The summed E-state index contributed by atoms with van der Waals surface area (Å²) in [5, 5.41) is 23.1. The third-order valence-electron chi connectivity index (χ3n) is 3.10. The predicted molar refractivity (Wildman–Crippen MR) is 75.2 cm³/mol. The van der Waals surface area contributed by atoms with Gasteiger partial charge in [0, 0.05) is 5.39 Å². The van der Waals surface area contributed by atoms with Crippen LogP contribution in [0.5, 0.6) is 0 Å². The molecule has 1 aromatic heterocycles. The monoisotopic (exact) mass is 290 g/mol. The molecular formula is C14H14N2O5. The van der Waals surface area contributed by atoms with Gasteiger partial charge in [-0.2, -0.15) is 5.10 Å². The van der Waals surface area contributed by atoms with Gasteiger partial charge in [-0.05, 0) is 29.7 Å². The number of hydrogen-bond acceptors (Lipinski definition) is 4. The largest absolute Gasteiger partial charge is 0.483 e. The Morgan fingerprint density at radius 1 is 1.43 bits per heavy atom. The molecular weight excluding hydrogens is 276 g/mol. The van der Waals surface area contributed by atoms with Crippen LogP contribution < -0.4 is 0 Å². The van der Waals surface area contributed by atoms with Gasteiger partial charge in [-0.1, -0.05) is 12.1 Å². The van der Waals surface area contributed by atoms with Crippen LogP contribution in [0.3, 0.4) is 0 Å². The molecule has 0 bridgehead atoms. The molecule has 1 aliphatic rings. The second-order valence-corrected chi connectivity index (χ2v) is 4.30. The van der Waals surface area contributed by atoms with Crippen LogP contribution in [0.4, 0.5) is 0 Å². The predicted octanol–water partition coefficient (Wildman–Crippen LogP) is 1.77. The van der Waals surface area contributed by atoms with E-state index in [-0.39, 0.29) is 12.2 Å². The van der Waals surface area contributed by atoms with Crippen molar-refractivity contribution >= 4 is 28.9 Å². The van der Waals surface area contributed by atoms with Crippen LogP contribution in [0.2, 0.25) is 0 Å². The smallest absolute Gasteiger partial charge is 0.357 e. The minimum absolute atomic E-state index is 0.0671. The Hall–Kier alpha value is -2.67. The summed E-state index contributed by atoms with van der Waals surface area (Å²) in [6, 6.07) is 5.67. The molecule has 7 heteroatoms. The molecule has 0 fully saturated rings. The van der Waals surface area contributed by atoms with Gasteiger partial charge in [0.2, 0.25) is 0 Å². The van der Waals surface area contributed by atoms with Crippen LogP contribution in [0, 0.1) is 0 Å². The first-order valence-corrected chi connectivity index (χ1v) is 6.23. The number of rotatable bonds is 2. The first-order valence-electron chi connectivity index (χ1n) is 6.23. The Balaban J connectivity index is 0.000000497. The maximum atomic E-state index is 11.0. The van der Waals surface area contributed by atoms with E-state index in [4.69, 9.17) is 19.7 Å². The molecule has 110 valence electrons. The summed E-state index contributed by atoms with van der Waals surface area (Å²) in [7, 11) is 0. The maximum absolute atomic E-state index is 11.0. The molecule has 1 aromatic carbocycles. The van der Waals surface area contributed by atoms with Gasteiger partial charge in [-0.15, -0.1) is 0 Å². The fourth-order valence-corrected chi connectivity index (χ4v) is 2.17. The normalized spacial score (nSPS) is 14.0. The van der Waals surface area contributed by atoms with E-state index in [9.17, 15) is 4.79 Å². The van der Waals surface area contributed by atoms with Gasteiger partial charge in [-0.25, -0.2) is 4.79 Å². The summed E-state index contributed by atoms with van der Waals surface area (Å²) in [5.74, 6) is -1.01. The number of ether oxygens (including phenoxy) is 1. The lowest BCUT2D eigenvalue weighted by Crippen LogP contribution is -2.03. The number of H-pyrrole nitrogens is 1. The van der Waals surface area contributed by atoms with E-state index in [1.165, 1.54) is 5.57 Å². The Morgan fingerprint density at radius 3 is 2.81 bits per heavy atom. The summed E-state index contributed by atoms with van der Waals surface area (Å²) in [6.07, 6.45) is 2.94. The van der Waals surface area contributed by atoms with E-state index in [2.05, 4.69) is 16.3 Å². The van der Waals surface area contributed by atoms with Crippen molar-refractivity contribution in [2.24, 2.45) is 0 Å². The van der Waals surface area contributed by atoms with Crippen molar-refractivity contribution in [2.75, 3.05) is 13.2 Å². The van der Waals surface area contributed by atoms with E-state index >= 15 is 0 Å². The van der Waals surface area contributed by atoms with Crippen molar-refractivity contribution in [2.45, 2.75) is 6.42 Å². The molecule has 0 saturated heterocycles. The SMILES string of the molecule is O=C(O)c1n[nH]c2cc(C3=CCOCC3)ccc12.O=CO. The van der Waals surface area contributed by atoms with Crippen molar-refractivity contribution in [3.63, 3.8) is 0 Å². The summed E-state index contributed by atoms with van der Waals surface area (Å²) in [6.45, 7) is 1.12. The first-order chi connectivity index (χ1) is 10.2. The molecule has 21 heavy (non-hydrogen) atoms. The van der Waals surface area contributed by atoms with Crippen LogP contribution in [-0.2, 0) is 9.53 Å². The van der Waals surface area contributed by atoms with E-state index in [1.807, 2.05) is 12.1 Å². The van der Waals surface area contributed by atoms with Gasteiger partial charge in [0.15, 0.2) is 5.69 Å². The van der Waals surface area contributed by atoms with E-state index in [0.717, 1.165) is 24.1 Å². The molecule has 2 heterocycles. The number of aromatic nitrogens is 2. The second-order valence-electron chi connectivity index (χ2n) is 4.30. The van der Waals surface area contributed by atoms with E-state index in [1.54, 1.807) is 6.07 Å². The molecule has 0 unspecified atom stereocenters. The van der Waals surface area contributed by atoms with Gasteiger partial charge in [-0.3, -0.25) is 9.89 Å². The molecule has 3 N–H and O–H groups in total. The number of aromatic carboxylic acids is 1. The molecule has 0 radical (unpaired) electrons. The molecule has 1 aliphatic heterocycles. The number of carboxylic acid groups (broad SMARTS) is 2. The third-order valence-corrected chi connectivity index (χ3v) is 3.10. The van der Waals surface area contributed by atoms with Gasteiger partial charge in [0.1, 0.15) is 0 Å². The number of carbonyl (C=O) groups is 2. The van der Waals surface area contributed by atoms with Crippen molar-refractivity contribution in [1.82, 2.24) is 10.2 Å². The van der Waals surface area contributed by atoms with E-state index < -0.39 is 5.97 Å². The number of carboxylic acids is 1. The zero-order chi connectivity index (χ0) is 15.2. The van der Waals surface area contributed by atoms with Gasteiger partial charge < -0.3 is 14.9 Å². The molecule has 2 aromatic rings. The summed E-state index contributed by atoms with van der Waals surface area (Å²) in [5.41, 5.74) is 3.14. The highest BCUT2D eigenvalue weighted by molar-refractivity contribution is 6.01. The summed E-state index contributed by atoms with van der Waals surface area (Å²) >= 11 is 0. The van der Waals surface area contributed by atoms with E-state index in [0.29, 0.717) is 12.0 Å². The Morgan fingerprint density at radius 2 is 2.19 bits per heavy atom. The van der Waals surface area contributed by atoms with Crippen LogP contribution in [0.25, 0.3) is 16.5 Å². The summed E-state index contributed by atoms with van der Waals surface area (Å²) in [4.78, 5) is 19.3. The van der Waals surface area contributed by atoms with Crippen LogP contribution >= 0.6 is 0 Å². The minimum Gasteiger partial charge on any atom is -0.483 e.